The van der Waals surface area contributed by atoms with Crippen LogP contribution in [0.25, 0.3) is 0 Å². The van der Waals surface area contributed by atoms with E-state index in [4.69, 9.17) is 0 Å². The predicted octanol–water partition coefficient (Wildman–Crippen LogP) is 1.77. The number of nitrogens with one attached hydrogen (secondary N) is 4. The molecule has 43 heavy (non-hydrogen) atoms. The number of halogens is 3. The number of anilines is 1. The average molecular weight is 625 g/mol. The Balaban J connectivity index is 1.47. The summed E-state index contributed by atoms with van der Waals surface area (Å²) in [6.07, 6.45) is -0.0690. The first-order chi connectivity index (χ1) is 20.3. The van der Waals surface area contributed by atoms with E-state index >= 15 is 0 Å². The van der Waals surface area contributed by atoms with Crippen LogP contribution in [0, 0.1) is 18.8 Å². The van der Waals surface area contributed by atoms with Crippen LogP contribution in [0.5, 0.6) is 0 Å². The summed E-state index contributed by atoms with van der Waals surface area (Å²) in [7, 11) is 1.23. The first-order valence-electron chi connectivity index (χ1n) is 13.7. The largest absolute Gasteiger partial charge is 0.443 e. The minimum Gasteiger partial charge on any atom is -0.353 e. The Morgan fingerprint density at radius 2 is 1.91 bits per heavy atom. The Hall–Kier alpha value is -4.08. The highest BCUT2D eigenvalue weighted by atomic mass is 32.1. The number of aromatic nitrogens is 2. The minimum atomic E-state index is -4.79. The number of hydrogen-bond donors (Lipinski definition) is 4. The van der Waals surface area contributed by atoms with Crippen LogP contribution in [0.3, 0.4) is 0 Å². The van der Waals surface area contributed by atoms with Gasteiger partial charge in [0.05, 0.1) is 5.69 Å². The minimum absolute atomic E-state index is 0.0705. The van der Waals surface area contributed by atoms with Crippen LogP contribution in [-0.4, -0.2) is 58.1 Å². The van der Waals surface area contributed by atoms with E-state index in [0.29, 0.717) is 11.8 Å². The Labute approximate surface area is 247 Å². The van der Waals surface area contributed by atoms with Crippen molar-refractivity contribution in [2.75, 3.05) is 12.4 Å². The van der Waals surface area contributed by atoms with Crippen molar-refractivity contribution in [3.8, 4) is 0 Å². The highest BCUT2D eigenvalue weighted by Crippen LogP contribution is 2.44. The number of Topliss-reactive ketones (excluding diaryl/α,β-unsaturated/α-hetero) is 1. The Bertz CT molecular complexity index is 1490. The number of alkyl halides is 3. The van der Waals surface area contributed by atoms with E-state index in [0.717, 1.165) is 30.3 Å². The van der Waals surface area contributed by atoms with Crippen molar-refractivity contribution < 1.29 is 37.1 Å². The quantitative estimate of drug-likeness (QED) is 0.276. The number of amides is 4. The molecule has 0 aliphatic heterocycles. The summed E-state index contributed by atoms with van der Waals surface area (Å²) in [4.78, 5) is 78.5. The molecule has 4 atom stereocenters. The predicted molar refractivity (Wildman–Crippen MR) is 148 cm³/mol. The third kappa shape index (κ3) is 7.66. The normalized spacial score (nSPS) is 19.9. The van der Waals surface area contributed by atoms with Gasteiger partial charge in [-0.25, -0.2) is 4.98 Å². The Morgan fingerprint density at radius 3 is 2.51 bits per heavy atom. The molecule has 2 aromatic heterocycles. The second-order valence-corrected chi connectivity index (χ2v) is 11.7. The molecule has 232 valence electrons. The number of carbonyl (C=O) groups is 5. The maximum Gasteiger partial charge on any atom is 0.443 e. The zero-order valence-corrected chi connectivity index (χ0v) is 24.2. The molecule has 4 amide bonds. The lowest BCUT2D eigenvalue weighted by atomic mass is 9.95. The van der Waals surface area contributed by atoms with E-state index < -0.39 is 64.0 Å². The van der Waals surface area contributed by atoms with Crippen molar-refractivity contribution in [3.05, 3.63) is 44.3 Å². The lowest BCUT2D eigenvalue weighted by Crippen LogP contribution is -2.45. The van der Waals surface area contributed by atoms with Crippen LogP contribution in [-0.2, 0) is 31.9 Å². The number of rotatable bonds is 11. The number of thiazole rings is 1. The first-order valence-corrected chi connectivity index (χ1v) is 14.5. The number of likely N-dealkylation sites (N-methyl/N-ethyl adjacent to an activating group) is 1. The van der Waals surface area contributed by atoms with E-state index in [2.05, 4.69) is 26.3 Å². The third-order valence-corrected chi connectivity index (χ3v) is 8.89. The van der Waals surface area contributed by atoms with Gasteiger partial charge in [-0.2, -0.15) is 13.2 Å². The molecule has 16 heteroatoms. The van der Waals surface area contributed by atoms with Gasteiger partial charge in [-0.3, -0.25) is 28.8 Å². The van der Waals surface area contributed by atoms with E-state index in [9.17, 15) is 41.9 Å². The van der Waals surface area contributed by atoms with Gasteiger partial charge in [0.25, 0.3) is 17.4 Å². The van der Waals surface area contributed by atoms with Gasteiger partial charge in [0.1, 0.15) is 23.2 Å². The van der Waals surface area contributed by atoms with Crippen molar-refractivity contribution in [2.45, 2.75) is 70.3 Å². The fraction of sp³-hybridized carbons (Fsp3) is 0.519. The number of aryl methyl sites for hydroxylation is 1. The fourth-order valence-corrected chi connectivity index (χ4v) is 6.39. The monoisotopic (exact) mass is 624 g/mol. The molecule has 0 spiro atoms. The van der Waals surface area contributed by atoms with Gasteiger partial charge < -0.3 is 25.8 Å². The van der Waals surface area contributed by atoms with E-state index in [1.54, 1.807) is 0 Å². The number of carbonyl (C=O) groups excluding carboxylic acids is 5. The zero-order chi connectivity index (χ0) is 31.5. The summed E-state index contributed by atoms with van der Waals surface area (Å²) in [5.74, 6) is -3.15. The van der Waals surface area contributed by atoms with Crippen molar-refractivity contribution >= 4 is 46.4 Å². The molecule has 2 saturated carbocycles. The topological polar surface area (TPSA) is 168 Å². The van der Waals surface area contributed by atoms with Gasteiger partial charge in [-0.1, -0.05) is 6.42 Å². The fourth-order valence-electron chi connectivity index (χ4n) is 5.55. The summed E-state index contributed by atoms with van der Waals surface area (Å²) in [5, 5.41) is 8.53. The van der Waals surface area contributed by atoms with E-state index in [1.165, 1.54) is 32.3 Å². The van der Waals surface area contributed by atoms with Crippen LogP contribution in [0.1, 0.15) is 58.9 Å². The molecular weight excluding hydrogens is 593 g/mol. The summed E-state index contributed by atoms with van der Waals surface area (Å²) in [5.41, 5.74) is -1.16. The molecule has 12 nitrogen and oxygen atoms in total. The van der Waals surface area contributed by atoms with E-state index in [-0.39, 0.29) is 41.2 Å². The second kappa shape index (κ2) is 13.1. The van der Waals surface area contributed by atoms with Gasteiger partial charge in [0.15, 0.2) is 5.01 Å². The highest BCUT2D eigenvalue weighted by molar-refractivity contribution is 7.13. The molecule has 2 aromatic rings. The molecule has 2 fully saturated rings. The standard InChI is InChI=1S/C27H31F3N6O6S/c1-13-21(43-26(32-13)27(28,29)30)24(41)34-16(7-8-19(37)23(40)31-2)22(39)35-17-4-3-9-36(25(17)42)12-20(38)33-18-11-14-5-6-15(18)10-14/h3-4,9,14-16,18H,5-8,10-12H2,1-2H3,(H,31,40)(H,33,38)(H,34,41)(H,35,39). The summed E-state index contributed by atoms with van der Waals surface area (Å²) in [6.45, 7) is 0.911. The van der Waals surface area contributed by atoms with Crippen LogP contribution in [0.15, 0.2) is 23.1 Å². The van der Waals surface area contributed by atoms with Crippen LogP contribution < -0.4 is 26.8 Å². The van der Waals surface area contributed by atoms with Gasteiger partial charge in [-0.05, 0) is 56.6 Å². The molecule has 4 unspecified atom stereocenters. The number of ketones is 1. The lowest BCUT2D eigenvalue weighted by Gasteiger charge is -2.23. The lowest BCUT2D eigenvalue weighted by molar-refractivity contribution is -0.137. The Kier molecular flexibility index (Phi) is 9.67. The van der Waals surface area contributed by atoms with Crippen molar-refractivity contribution in [3.63, 3.8) is 0 Å². The van der Waals surface area contributed by atoms with Gasteiger partial charge in [0.2, 0.25) is 17.6 Å². The van der Waals surface area contributed by atoms with Crippen LogP contribution >= 0.6 is 11.3 Å². The number of hydrogen-bond acceptors (Lipinski definition) is 8. The van der Waals surface area contributed by atoms with Gasteiger partial charge in [-0.15, -0.1) is 11.3 Å². The van der Waals surface area contributed by atoms with E-state index in [1.807, 2.05) is 0 Å². The van der Waals surface area contributed by atoms with Crippen LogP contribution in [0.4, 0.5) is 18.9 Å². The summed E-state index contributed by atoms with van der Waals surface area (Å²) in [6, 6.07) is 1.26. The first kappa shape index (κ1) is 31.8. The number of nitrogens with zero attached hydrogens (tertiary/aromatic N) is 2. The SMILES string of the molecule is CNC(=O)C(=O)CCC(NC(=O)c1sc(C(F)(F)F)nc1C)C(=O)Nc1cccn(CC(=O)NC2CC3CCC2C3)c1=O. The molecule has 2 aliphatic rings. The van der Waals surface area contributed by atoms with Crippen molar-refractivity contribution in [1.82, 2.24) is 25.5 Å². The molecule has 4 N–H and O–H groups in total. The molecule has 0 saturated heterocycles. The summed E-state index contributed by atoms with van der Waals surface area (Å²) < 4.78 is 40.4. The third-order valence-electron chi connectivity index (χ3n) is 7.68. The highest BCUT2D eigenvalue weighted by Gasteiger charge is 2.40. The van der Waals surface area contributed by atoms with Gasteiger partial charge in [0, 0.05) is 25.7 Å². The zero-order valence-electron chi connectivity index (χ0n) is 23.4. The number of pyridine rings is 1. The van der Waals surface area contributed by atoms with Crippen molar-refractivity contribution in [1.29, 1.82) is 0 Å². The summed E-state index contributed by atoms with van der Waals surface area (Å²) >= 11 is 0.0880. The van der Waals surface area contributed by atoms with Crippen molar-refractivity contribution in [2.24, 2.45) is 11.8 Å². The maximum atomic E-state index is 13.2. The molecule has 0 aromatic carbocycles. The molecule has 2 heterocycles. The maximum absolute atomic E-state index is 13.2. The molecular formula is C27H31F3N6O6S. The molecule has 2 aliphatic carbocycles. The number of fused-ring (bicyclic) bond motifs is 2. The second-order valence-electron chi connectivity index (χ2n) is 10.7. The Morgan fingerprint density at radius 1 is 1.16 bits per heavy atom. The molecule has 2 bridgehead atoms. The smallest absolute Gasteiger partial charge is 0.353 e. The molecule has 4 rings (SSSR count). The van der Waals surface area contributed by atoms with Crippen LogP contribution in [0.2, 0.25) is 0 Å². The average Bonchev–Trinajstić information content (AvgIpc) is 3.68. The molecule has 0 radical (unpaired) electrons. The van der Waals surface area contributed by atoms with Gasteiger partial charge >= 0.3 is 6.18 Å².